The van der Waals surface area contributed by atoms with Gasteiger partial charge in [0.15, 0.2) is 6.19 Å². The van der Waals surface area contributed by atoms with Crippen LogP contribution in [0.5, 0.6) is 0 Å². The summed E-state index contributed by atoms with van der Waals surface area (Å²) in [5.41, 5.74) is 2.06. The van der Waals surface area contributed by atoms with Gasteiger partial charge in [-0.15, -0.1) is 0 Å². The zero-order valence-corrected chi connectivity index (χ0v) is 11.9. The number of hydrogen-bond acceptors (Lipinski definition) is 5. The molecule has 1 aliphatic rings. The molecule has 2 aromatic heterocycles. The first kappa shape index (κ1) is 14.0. The van der Waals surface area contributed by atoms with Gasteiger partial charge in [-0.25, -0.2) is 0 Å². The molecule has 6 nitrogen and oxygen atoms in total. The fourth-order valence-corrected chi connectivity index (χ4v) is 2.44. The van der Waals surface area contributed by atoms with Crippen molar-refractivity contribution in [1.29, 1.82) is 5.26 Å². The van der Waals surface area contributed by atoms with E-state index in [-0.39, 0.29) is 11.9 Å². The highest BCUT2D eigenvalue weighted by molar-refractivity contribution is 5.92. The second kappa shape index (κ2) is 6.22. The number of hydrogen-bond donors (Lipinski definition) is 1. The summed E-state index contributed by atoms with van der Waals surface area (Å²) in [4.78, 5) is 22.2. The van der Waals surface area contributed by atoms with Gasteiger partial charge in [-0.05, 0) is 30.7 Å². The minimum absolute atomic E-state index is 0.00409. The monoisotopic (exact) mass is 293 g/mol. The lowest BCUT2D eigenvalue weighted by Gasteiger charge is -2.12. The van der Waals surface area contributed by atoms with Crippen molar-refractivity contribution in [2.24, 2.45) is 0 Å². The number of pyridine rings is 2. The van der Waals surface area contributed by atoms with Crippen LogP contribution in [0.3, 0.4) is 0 Å². The fourth-order valence-electron chi connectivity index (χ4n) is 2.44. The topological polar surface area (TPSA) is 81.9 Å². The summed E-state index contributed by atoms with van der Waals surface area (Å²) in [5.74, 6) is -0.211. The van der Waals surface area contributed by atoms with Crippen LogP contribution in [0.15, 0.2) is 42.7 Å². The van der Waals surface area contributed by atoms with Gasteiger partial charge in [-0.1, -0.05) is 6.07 Å². The summed E-state index contributed by atoms with van der Waals surface area (Å²) in [6.07, 6.45) is 6.24. The van der Waals surface area contributed by atoms with Gasteiger partial charge in [0, 0.05) is 37.1 Å². The maximum atomic E-state index is 12.2. The molecule has 6 heteroatoms. The first-order valence-corrected chi connectivity index (χ1v) is 7.09. The number of nitrogens with one attached hydrogen (secondary N) is 1. The van der Waals surface area contributed by atoms with E-state index in [0.717, 1.165) is 17.7 Å². The van der Waals surface area contributed by atoms with Crippen molar-refractivity contribution in [3.8, 4) is 17.5 Å². The van der Waals surface area contributed by atoms with Crippen molar-refractivity contribution in [3.05, 3.63) is 48.4 Å². The van der Waals surface area contributed by atoms with E-state index in [1.807, 2.05) is 24.3 Å². The lowest BCUT2D eigenvalue weighted by molar-refractivity contribution is 0.0934. The Labute approximate surface area is 128 Å². The molecule has 0 unspecified atom stereocenters. The summed E-state index contributed by atoms with van der Waals surface area (Å²) >= 11 is 0. The Kier molecular flexibility index (Phi) is 3.97. The molecule has 0 bridgehead atoms. The van der Waals surface area contributed by atoms with E-state index in [2.05, 4.69) is 21.5 Å². The standard InChI is InChI=1S/C16H15N5O/c17-11-21-8-6-13(10-21)20-16(22)15-5-4-12(9-19-15)14-3-1-2-7-18-14/h1-5,7,9,13H,6,8,10H2,(H,20,22)/t13-/m1/s1. The molecule has 1 saturated heterocycles. The first-order valence-electron chi connectivity index (χ1n) is 7.09. The Morgan fingerprint density at radius 2 is 2.23 bits per heavy atom. The summed E-state index contributed by atoms with van der Waals surface area (Å²) in [6, 6.07) is 9.18. The van der Waals surface area contributed by atoms with E-state index in [1.165, 1.54) is 0 Å². The quantitative estimate of drug-likeness (QED) is 0.866. The van der Waals surface area contributed by atoms with Crippen molar-refractivity contribution >= 4 is 5.91 Å². The van der Waals surface area contributed by atoms with Crippen LogP contribution in [0.2, 0.25) is 0 Å². The Hall–Kier alpha value is -2.94. The molecule has 0 saturated carbocycles. The predicted molar refractivity (Wildman–Crippen MR) is 80.5 cm³/mol. The Balaban J connectivity index is 1.66. The van der Waals surface area contributed by atoms with Gasteiger partial charge in [-0.3, -0.25) is 14.8 Å². The Bertz CT molecular complexity index is 693. The smallest absolute Gasteiger partial charge is 0.270 e. The number of nitriles is 1. The van der Waals surface area contributed by atoms with Crippen LogP contribution < -0.4 is 5.32 Å². The summed E-state index contributed by atoms with van der Waals surface area (Å²) in [7, 11) is 0. The number of aromatic nitrogens is 2. The number of carbonyl (C=O) groups excluding carboxylic acids is 1. The van der Waals surface area contributed by atoms with Gasteiger partial charge in [0.2, 0.25) is 0 Å². The summed E-state index contributed by atoms with van der Waals surface area (Å²) in [6.45, 7) is 1.25. The van der Waals surface area contributed by atoms with Crippen LogP contribution in [0.1, 0.15) is 16.9 Å². The van der Waals surface area contributed by atoms with Gasteiger partial charge >= 0.3 is 0 Å². The lowest BCUT2D eigenvalue weighted by atomic mass is 10.1. The molecule has 0 aliphatic carbocycles. The molecule has 1 atom stereocenters. The van der Waals surface area contributed by atoms with Gasteiger partial charge < -0.3 is 10.2 Å². The van der Waals surface area contributed by atoms with Crippen LogP contribution in [0.25, 0.3) is 11.3 Å². The van der Waals surface area contributed by atoms with Crippen LogP contribution in [0, 0.1) is 11.5 Å². The molecule has 22 heavy (non-hydrogen) atoms. The van der Waals surface area contributed by atoms with Crippen LogP contribution in [0.4, 0.5) is 0 Å². The number of rotatable bonds is 3. The summed E-state index contributed by atoms with van der Waals surface area (Å²) in [5, 5.41) is 11.7. The molecule has 3 rings (SSSR count). The van der Waals surface area contributed by atoms with Crippen LogP contribution in [-0.2, 0) is 0 Å². The average molecular weight is 293 g/mol. The first-order chi connectivity index (χ1) is 10.8. The van der Waals surface area contributed by atoms with Crippen molar-refractivity contribution in [2.75, 3.05) is 13.1 Å². The van der Waals surface area contributed by atoms with Gasteiger partial charge in [0.1, 0.15) is 5.69 Å². The fraction of sp³-hybridized carbons (Fsp3) is 0.250. The van der Waals surface area contributed by atoms with Gasteiger partial charge in [0.05, 0.1) is 5.69 Å². The Morgan fingerprint density at radius 3 is 2.86 bits per heavy atom. The normalized spacial score (nSPS) is 17.0. The van der Waals surface area contributed by atoms with E-state index >= 15 is 0 Å². The maximum absolute atomic E-state index is 12.2. The average Bonchev–Trinajstić information content (AvgIpc) is 3.03. The summed E-state index contributed by atoms with van der Waals surface area (Å²) < 4.78 is 0. The van der Waals surface area contributed by atoms with E-state index in [9.17, 15) is 4.79 Å². The molecule has 0 aromatic carbocycles. The number of amides is 1. The third kappa shape index (κ3) is 3.04. The van der Waals surface area contributed by atoms with E-state index < -0.39 is 0 Å². The van der Waals surface area contributed by atoms with E-state index in [0.29, 0.717) is 18.8 Å². The molecule has 1 N–H and O–H groups in total. The maximum Gasteiger partial charge on any atom is 0.270 e. The second-order valence-corrected chi connectivity index (χ2v) is 5.15. The molecule has 2 aromatic rings. The molecule has 1 amide bonds. The molecule has 0 spiro atoms. The van der Waals surface area contributed by atoms with Crippen molar-refractivity contribution < 1.29 is 4.79 Å². The second-order valence-electron chi connectivity index (χ2n) is 5.15. The molecule has 3 heterocycles. The molecular weight excluding hydrogens is 278 g/mol. The third-order valence-electron chi connectivity index (χ3n) is 3.62. The molecule has 0 radical (unpaired) electrons. The van der Waals surface area contributed by atoms with Gasteiger partial charge in [0.25, 0.3) is 5.91 Å². The minimum Gasteiger partial charge on any atom is -0.346 e. The Morgan fingerprint density at radius 1 is 1.32 bits per heavy atom. The van der Waals surface area contributed by atoms with Crippen LogP contribution in [-0.4, -0.2) is 39.9 Å². The van der Waals surface area contributed by atoms with E-state index in [4.69, 9.17) is 5.26 Å². The largest absolute Gasteiger partial charge is 0.346 e. The highest BCUT2D eigenvalue weighted by atomic mass is 16.1. The third-order valence-corrected chi connectivity index (χ3v) is 3.62. The molecule has 110 valence electrons. The minimum atomic E-state index is -0.211. The van der Waals surface area contributed by atoms with Crippen LogP contribution >= 0.6 is 0 Å². The number of carbonyl (C=O) groups is 1. The number of nitrogens with zero attached hydrogens (tertiary/aromatic N) is 4. The van der Waals surface area contributed by atoms with Gasteiger partial charge in [-0.2, -0.15) is 5.26 Å². The molecular formula is C16H15N5O. The number of likely N-dealkylation sites (tertiary alicyclic amines) is 1. The van der Waals surface area contributed by atoms with E-state index in [1.54, 1.807) is 23.4 Å². The van der Waals surface area contributed by atoms with Crippen molar-refractivity contribution in [2.45, 2.75) is 12.5 Å². The molecule has 1 fully saturated rings. The zero-order chi connectivity index (χ0) is 15.4. The molecule has 1 aliphatic heterocycles. The lowest BCUT2D eigenvalue weighted by Crippen LogP contribution is -2.36. The zero-order valence-electron chi connectivity index (χ0n) is 11.9. The highest BCUT2D eigenvalue weighted by Crippen LogP contribution is 2.15. The predicted octanol–water partition coefficient (Wildman–Crippen LogP) is 1.43. The SMILES string of the molecule is N#CN1CC[C@@H](NC(=O)c2ccc(-c3ccccn3)cn2)C1. The van der Waals surface area contributed by atoms with Crippen molar-refractivity contribution in [3.63, 3.8) is 0 Å². The highest BCUT2D eigenvalue weighted by Gasteiger charge is 2.23. The van der Waals surface area contributed by atoms with Crippen molar-refractivity contribution in [1.82, 2.24) is 20.2 Å².